The second-order valence-corrected chi connectivity index (χ2v) is 37.8. The van der Waals surface area contributed by atoms with Crippen molar-refractivity contribution in [3.05, 3.63) is 368 Å². The third kappa shape index (κ3) is 9.27. The lowest BCUT2D eigenvalue weighted by Crippen LogP contribution is -2.14. The Hall–Kier alpha value is -14.8. The first-order valence-corrected chi connectivity index (χ1v) is 44.9. The van der Waals surface area contributed by atoms with Gasteiger partial charge in [0, 0.05) is 170 Å². The monoisotopic (exact) mass is 1640 g/mol. The van der Waals surface area contributed by atoms with Gasteiger partial charge in [-0.15, -0.1) is 34.0 Å². The number of aromatic nitrogens is 3. The molecule has 2 aliphatic carbocycles. The maximum Gasteiger partial charge on any atom is 0.145 e. The van der Waals surface area contributed by atoms with E-state index in [1.165, 1.54) is 159 Å². The Morgan fingerprint density at radius 3 is 1.08 bits per heavy atom. The molecule has 0 N–H and O–H groups in total. The molecule has 7 nitrogen and oxygen atoms in total. The van der Waals surface area contributed by atoms with Gasteiger partial charge in [0.1, 0.15) is 44.7 Å². The number of benzene rings is 18. The van der Waals surface area contributed by atoms with Gasteiger partial charge in [0.2, 0.25) is 0 Å². The summed E-state index contributed by atoms with van der Waals surface area (Å²) >= 11 is 5.80. The summed E-state index contributed by atoms with van der Waals surface area (Å²) in [6.07, 6.45) is 0. The maximum absolute atomic E-state index is 7.00. The summed E-state index contributed by atoms with van der Waals surface area (Å²) in [7, 11) is 0. The highest BCUT2D eigenvalue weighted by Crippen LogP contribution is 2.58. The zero-order valence-electron chi connectivity index (χ0n) is 67.6. The molecule has 0 bridgehead atoms. The van der Waals surface area contributed by atoms with Crippen LogP contribution in [0.1, 0.15) is 49.9 Å². The van der Waals surface area contributed by atoms with Gasteiger partial charge in [-0.3, -0.25) is 0 Å². The third-order valence-corrected chi connectivity index (χ3v) is 31.3. The molecule has 582 valence electrons. The maximum atomic E-state index is 7.00. The van der Waals surface area contributed by atoms with Crippen molar-refractivity contribution in [1.29, 1.82) is 0 Å². The molecule has 124 heavy (non-hydrogen) atoms. The van der Waals surface area contributed by atoms with E-state index < -0.39 is 0 Å². The standard InChI is InChI=1S/C39H25NO2.C39H25NOS.C36H19NOS2/c2*1-39(2)29-12-6-3-10-26(29)35-30(39)18-16-24-25-17-19-32-36(38(25)42-37(24)35)27-11-4-7-13-31(27)40(32)22-15-20-34-28(21-22)23-9-5-8-14-33(23)41-34;1-4-10-27-24(8-1)33-28(37(27)20-13-17-30-26(19-20)21-7-2-5-11-29(21)38-30)16-14-22-23-15-18-32-34(36(23)40-35(22)33)25-9-3-6-12-31(25)39-32/h2*3-21H,1-2H3;1-19H. The van der Waals surface area contributed by atoms with Crippen LogP contribution in [0.25, 0.3) is 253 Å². The number of para-hydroxylation sites is 6. The van der Waals surface area contributed by atoms with Gasteiger partial charge < -0.3 is 31.4 Å². The van der Waals surface area contributed by atoms with Crippen LogP contribution in [0.15, 0.2) is 363 Å². The quantitative estimate of drug-likeness (QED) is 0.177. The number of rotatable bonds is 3. The number of hydrogen-bond donors (Lipinski definition) is 0. The molecule has 0 atom stereocenters. The summed E-state index contributed by atoms with van der Waals surface area (Å²) in [5.74, 6) is 0. The van der Waals surface area contributed by atoms with Crippen LogP contribution in [0.3, 0.4) is 0 Å². The Morgan fingerprint density at radius 2 is 0.565 bits per heavy atom. The molecule has 0 saturated heterocycles. The van der Waals surface area contributed by atoms with Crippen LogP contribution in [0.5, 0.6) is 0 Å². The first kappa shape index (κ1) is 68.9. The molecule has 0 radical (unpaired) electrons. The normalized spacial score (nSPS) is 13.6. The molecule has 0 fully saturated rings. The summed E-state index contributed by atoms with van der Waals surface area (Å²) in [4.78, 5) is 0. The molecule has 0 aliphatic heterocycles. The van der Waals surface area contributed by atoms with Gasteiger partial charge >= 0.3 is 0 Å². The molecule has 10 aromatic heterocycles. The summed E-state index contributed by atoms with van der Waals surface area (Å²) in [5, 5.41) is 24.9. The Labute approximate surface area is 719 Å². The minimum atomic E-state index is -0.0691. The Kier molecular flexibility index (Phi) is 13.9. The van der Waals surface area contributed by atoms with Crippen LogP contribution in [0.4, 0.5) is 0 Å². The number of nitrogens with zero attached hydrogens (tertiary/aromatic N) is 3. The molecule has 18 aromatic carbocycles. The highest BCUT2D eigenvalue weighted by molar-refractivity contribution is 7.30. The van der Waals surface area contributed by atoms with E-state index in [0.29, 0.717) is 0 Å². The number of hydrogen-bond acceptors (Lipinski definition) is 7. The highest BCUT2D eigenvalue weighted by Gasteiger charge is 2.40. The van der Waals surface area contributed by atoms with E-state index in [2.05, 4.69) is 351 Å². The van der Waals surface area contributed by atoms with Gasteiger partial charge in [0.15, 0.2) is 0 Å². The predicted molar refractivity (Wildman–Crippen MR) is 525 cm³/mol. The van der Waals surface area contributed by atoms with E-state index in [0.717, 1.165) is 116 Å². The SMILES string of the molecule is CC1(C)c2ccccc2-c2c1ccc1c2oc2c1ccc1c2c2ccccc2n1-c1ccc2oc3ccccc3c2c1.CC1(C)c2ccccc2-c2c1ccc1c2sc2c1ccc1c2c2ccccc2n1-c1ccc2oc3ccccc3c2c1.c1ccc2c(c1)oc1ccc(-n3c4ccccc4c4c5sc6c(ccc7sc8ccccc8c76)c5ccc43)cc12. The van der Waals surface area contributed by atoms with E-state index >= 15 is 0 Å². The molecule has 2 aliphatic rings. The Morgan fingerprint density at radius 1 is 0.210 bits per heavy atom. The van der Waals surface area contributed by atoms with Crippen molar-refractivity contribution < 1.29 is 17.7 Å². The smallest absolute Gasteiger partial charge is 0.145 e. The molecule has 0 unspecified atom stereocenters. The molecule has 10 heterocycles. The van der Waals surface area contributed by atoms with Gasteiger partial charge in [-0.1, -0.05) is 246 Å². The van der Waals surface area contributed by atoms with E-state index in [-0.39, 0.29) is 10.8 Å². The lowest BCUT2D eigenvalue weighted by atomic mass is 9.82. The zero-order chi connectivity index (χ0) is 81.4. The largest absolute Gasteiger partial charge is 0.456 e. The number of fused-ring (bicyclic) bond motifs is 42. The van der Waals surface area contributed by atoms with Crippen LogP contribution in [-0.4, -0.2) is 13.7 Å². The van der Waals surface area contributed by atoms with E-state index in [1.807, 2.05) is 70.4 Å². The third-order valence-electron chi connectivity index (χ3n) is 27.6. The van der Waals surface area contributed by atoms with Gasteiger partial charge in [-0.2, -0.15) is 0 Å². The minimum Gasteiger partial charge on any atom is -0.456 e. The van der Waals surface area contributed by atoms with Gasteiger partial charge in [-0.25, -0.2) is 0 Å². The number of furan rings is 4. The molecule has 0 spiro atoms. The van der Waals surface area contributed by atoms with Gasteiger partial charge in [0.25, 0.3) is 0 Å². The fraction of sp³-hybridized carbons (Fsp3) is 0.0526. The lowest BCUT2D eigenvalue weighted by Gasteiger charge is -2.21. The molecule has 0 saturated carbocycles. The van der Waals surface area contributed by atoms with Crippen molar-refractivity contribution in [2.24, 2.45) is 0 Å². The van der Waals surface area contributed by atoms with Crippen molar-refractivity contribution >= 4 is 248 Å². The summed E-state index contributed by atoms with van der Waals surface area (Å²) < 4.78 is 40.9. The van der Waals surface area contributed by atoms with Crippen molar-refractivity contribution in [3.63, 3.8) is 0 Å². The van der Waals surface area contributed by atoms with Crippen LogP contribution in [-0.2, 0) is 10.8 Å². The molecule has 10 heteroatoms. The van der Waals surface area contributed by atoms with E-state index in [4.69, 9.17) is 17.7 Å². The predicted octanol–water partition coefficient (Wildman–Crippen LogP) is 33.7. The van der Waals surface area contributed by atoms with Gasteiger partial charge in [-0.05, 0) is 161 Å². The average molecular weight is 1640 g/mol. The minimum absolute atomic E-state index is 0.00244. The summed E-state index contributed by atoms with van der Waals surface area (Å²) in [6.45, 7) is 9.36. The Balaban J connectivity index is 0.0000000951. The van der Waals surface area contributed by atoms with Crippen LogP contribution >= 0.6 is 34.0 Å². The van der Waals surface area contributed by atoms with Gasteiger partial charge in [0.05, 0.1) is 38.5 Å². The van der Waals surface area contributed by atoms with Crippen molar-refractivity contribution in [2.75, 3.05) is 0 Å². The zero-order valence-corrected chi connectivity index (χ0v) is 70.1. The second-order valence-electron chi connectivity index (χ2n) is 34.7. The first-order valence-electron chi connectivity index (χ1n) is 42.5. The summed E-state index contributed by atoms with van der Waals surface area (Å²) in [5.41, 5.74) is 28.8. The molecule has 28 aromatic rings. The molecular weight excluding hydrogens is 1570 g/mol. The van der Waals surface area contributed by atoms with E-state index in [9.17, 15) is 0 Å². The second kappa shape index (κ2) is 25.0. The molecular formula is C114H69N3O4S3. The van der Waals surface area contributed by atoms with E-state index in [1.54, 1.807) is 0 Å². The first-order chi connectivity index (χ1) is 61.0. The highest BCUT2D eigenvalue weighted by atomic mass is 32.1. The molecule has 0 amide bonds. The lowest BCUT2D eigenvalue weighted by molar-refractivity contribution is 0.654. The number of thiophene rings is 3. The van der Waals surface area contributed by atoms with Crippen molar-refractivity contribution in [2.45, 2.75) is 38.5 Å². The average Bonchev–Trinajstić information content (AvgIpc) is 1.54. The van der Waals surface area contributed by atoms with Crippen molar-refractivity contribution in [3.8, 4) is 39.3 Å². The fourth-order valence-corrected chi connectivity index (χ4v) is 26.0. The molecule has 30 rings (SSSR count). The Bertz CT molecular complexity index is 9260. The van der Waals surface area contributed by atoms with Crippen LogP contribution in [0, 0.1) is 0 Å². The summed E-state index contributed by atoms with van der Waals surface area (Å²) in [6, 6.07) is 125. The van der Waals surface area contributed by atoms with Crippen molar-refractivity contribution in [1.82, 2.24) is 13.7 Å². The van der Waals surface area contributed by atoms with Crippen LogP contribution in [0.2, 0.25) is 0 Å². The topological polar surface area (TPSA) is 67.3 Å². The van der Waals surface area contributed by atoms with Crippen LogP contribution < -0.4 is 0 Å². The fourth-order valence-electron chi connectivity index (χ4n) is 22.0.